The summed E-state index contributed by atoms with van der Waals surface area (Å²) in [6.45, 7) is 0. The van der Waals surface area contributed by atoms with Gasteiger partial charge in [-0.1, -0.05) is 27.7 Å². The summed E-state index contributed by atoms with van der Waals surface area (Å²) in [7, 11) is 3.11. The normalized spacial score (nSPS) is 10.7. The van der Waals surface area contributed by atoms with Gasteiger partial charge in [0.2, 0.25) is 5.91 Å². The smallest absolute Gasteiger partial charge is 0.255 e. The molecular formula is C24H20BrN3O4S2. The quantitative estimate of drug-likeness (QED) is 0.256. The lowest BCUT2D eigenvalue weighted by Crippen LogP contribution is -2.14. The van der Waals surface area contributed by atoms with Crippen LogP contribution in [0.4, 0.5) is 11.4 Å². The molecule has 0 spiro atoms. The van der Waals surface area contributed by atoms with E-state index < -0.39 is 0 Å². The van der Waals surface area contributed by atoms with Crippen molar-refractivity contribution in [2.45, 2.75) is 4.34 Å². The predicted molar refractivity (Wildman–Crippen MR) is 141 cm³/mol. The first-order chi connectivity index (χ1) is 16.4. The summed E-state index contributed by atoms with van der Waals surface area (Å²) < 4.78 is 13.1. The van der Waals surface area contributed by atoms with Crippen LogP contribution in [0.1, 0.15) is 10.4 Å². The monoisotopic (exact) mass is 557 g/mol. The topological polar surface area (TPSA) is 89.6 Å². The van der Waals surface area contributed by atoms with Crippen LogP contribution in [0.15, 0.2) is 69.5 Å². The van der Waals surface area contributed by atoms with Crippen molar-refractivity contribution in [3.05, 3.63) is 70.7 Å². The molecule has 0 fully saturated rings. The Labute approximate surface area is 213 Å². The van der Waals surface area contributed by atoms with Gasteiger partial charge in [0.05, 0.1) is 35.9 Å². The van der Waals surface area contributed by atoms with Crippen molar-refractivity contribution in [1.29, 1.82) is 0 Å². The first-order valence-electron chi connectivity index (χ1n) is 10.1. The lowest BCUT2D eigenvalue weighted by molar-refractivity contribution is -0.113. The minimum Gasteiger partial charge on any atom is -0.497 e. The van der Waals surface area contributed by atoms with Gasteiger partial charge in [-0.2, -0.15) is 0 Å². The van der Waals surface area contributed by atoms with Crippen LogP contribution < -0.4 is 20.1 Å². The number of thiazole rings is 1. The van der Waals surface area contributed by atoms with E-state index in [2.05, 4.69) is 31.5 Å². The molecule has 0 saturated carbocycles. The summed E-state index contributed by atoms with van der Waals surface area (Å²) in [5.74, 6) is 0.997. The molecule has 0 unspecified atom stereocenters. The number of fused-ring (bicyclic) bond motifs is 1. The van der Waals surface area contributed by atoms with Gasteiger partial charge in [-0.25, -0.2) is 4.98 Å². The molecule has 0 atom stereocenters. The molecular weight excluding hydrogens is 538 g/mol. The summed E-state index contributed by atoms with van der Waals surface area (Å²) in [4.78, 5) is 29.6. The van der Waals surface area contributed by atoms with Crippen molar-refractivity contribution in [2.24, 2.45) is 0 Å². The van der Waals surface area contributed by atoms with E-state index in [4.69, 9.17) is 9.47 Å². The van der Waals surface area contributed by atoms with E-state index >= 15 is 0 Å². The minimum absolute atomic E-state index is 0.182. The average molecular weight is 558 g/mol. The number of halogens is 1. The number of anilines is 2. The fourth-order valence-corrected chi connectivity index (χ4v) is 5.24. The highest BCUT2D eigenvalue weighted by molar-refractivity contribution is 9.10. The number of amides is 2. The zero-order valence-corrected chi connectivity index (χ0v) is 21.5. The van der Waals surface area contributed by atoms with Crippen molar-refractivity contribution in [3.63, 3.8) is 0 Å². The van der Waals surface area contributed by atoms with Crippen LogP contribution in [0.2, 0.25) is 0 Å². The lowest BCUT2D eigenvalue weighted by atomic mass is 10.2. The Kier molecular flexibility index (Phi) is 7.71. The fraction of sp³-hybridized carbons (Fsp3) is 0.125. The van der Waals surface area contributed by atoms with E-state index in [0.29, 0.717) is 28.4 Å². The second kappa shape index (κ2) is 10.9. The number of methoxy groups -OCH3 is 2. The maximum atomic E-state index is 12.5. The third-order valence-corrected chi connectivity index (χ3v) is 7.43. The molecule has 174 valence electrons. The number of thioether (sulfide) groups is 1. The Morgan fingerprint density at radius 3 is 2.53 bits per heavy atom. The van der Waals surface area contributed by atoms with Crippen molar-refractivity contribution < 1.29 is 19.1 Å². The number of hydrogen-bond donors (Lipinski definition) is 2. The highest BCUT2D eigenvalue weighted by Crippen LogP contribution is 2.32. The van der Waals surface area contributed by atoms with Gasteiger partial charge in [-0.15, -0.1) is 11.3 Å². The van der Waals surface area contributed by atoms with Gasteiger partial charge in [0.25, 0.3) is 5.91 Å². The Morgan fingerprint density at radius 2 is 1.79 bits per heavy atom. The molecule has 0 saturated heterocycles. The summed E-state index contributed by atoms with van der Waals surface area (Å²) in [6, 6.07) is 17.9. The van der Waals surface area contributed by atoms with E-state index in [0.717, 1.165) is 19.0 Å². The van der Waals surface area contributed by atoms with Gasteiger partial charge in [-0.3, -0.25) is 9.59 Å². The second-order valence-electron chi connectivity index (χ2n) is 7.03. The number of benzene rings is 3. The SMILES string of the molecule is COc1ccc(OC)c(NC(=O)CSc2nc3ccc(NC(=O)c4ccc(Br)cc4)cc3s2)c1. The summed E-state index contributed by atoms with van der Waals surface area (Å²) >= 11 is 6.18. The molecule has 2 N–H and O–H groups in total. The molecule has 0 aliphatic rings. The third kappa shape index (κ3) is 5.88. The van der Waals surface area contributed by atoms with Gasteiger partial charge in [-0.05, 0) is 54.6 Å². The Bertz CT molecular complexity index is 1340. The predicted octanol–water partition coefficient (Wildman–Crippen LogP) is 6.06. The van der Waals surface area contributed by atoms with Crippen LogP contribution in [-0.4, -0.2) is 36.8 Å². The lowest BCUT2D eigenvalue weighted by Gasteiger charge is -2.11. The van der Waals surface area contributed by atoms with Crippen molar-refractivity contribution >= 4 is 72.4 Å². The molecule has 1 heterocycles. The Hall–Kier alpha value is -3.08. The summed E-state index contributed by atoms with van der Waals surface area (Å²) in [5.41, 5.74) is 2.61. The van der Waals surface area contributed by atoms with Crippen LogP contribution in [0.5, 0.6) is 11.5 Å². The Morgan fingerprint density at radius 1 is 1.00 bits per heavy atom. The number of carbonyl (C=O) groups is 2. The van der Waals surface area contributed by atoms with Gasteiger partial charge in [0.1, 0.15) is 11.5 Å². The molecule has 0 aliphatic heterocycles. The number of carbonyl (C=O) groups excluding carboxylic acids is 2. The first-order valence-corrected chi connectivity index (χ1v) is 12.7. The molecule has 4 aromatic rings. The van der Waals surface area contributed by atoms with E-state index in [-0.39, 0.29) is 17.6 Å². The molecule has 0 radical (unpaired) electrons. The largest absolute Gasteiger partial charge is 0.497 e. The summed E-state index contributed by atoms with van der Waals surface area (Å²) in [5, 5.41) is 5.76. The van der Waals surface area contributed by atoms with E-state index in [1.54, 1.807) is 44.6 Å². The zero-order chi connectivity index (χ0) is 24.1. The van der Waals surface area contributed by atoms with Crippen molar-refractivity contribution in [1.82, 2.24) is 4.98 Å². The molecule has 1 aromatic heterocycles. The second-order valence-corrected chi connectivity index (χ2v) is 10.2. The number of rotatable bonds is 8. The zero-order valence-electron chi connectivity index (χ0n) is 18.3. The maximum Gasteiger partial charge on any atom is 0.255 e. The number of nitrogens with zero attached hydrogens (tertiary/aromatic N) is 1. The van der Waals surface area contributed by atoms with Gasteiger partial charge in [0.15, 0.2) is 4.34 Å². The number of hydrogen-bond acceptors (Lipinski definition) is 7. The van der Waals surface area contributed by atoms with E-state index in [1.165, 1.54) is 23.1 Å². The fourth-order valence-electron chi connectivity index (χ4n) is 3.07. The highest BCUT2D eigenvalue weighted by Gasteiger charge is 2.13. The Balaban J connectivity index is 1.39. The van der Waals surface area contributed by atoms with Crippen LogP contribution in [0, 0.1) is 0 Å². The number of nitrogens with one attached hydrogen (secondary N) is 2. The van der Waals surface area contributed by atoms with Crippen LogP contribution in [-0.2, 0) is 4.79 Å². The molecule has 10 heteroatoms. The van der Waals surface area contributed by atoms with E-state index in [1.807, 2.05) is 30.3 Å². The van der Waals surface area contributed by atoms with Gasteiger partial charge < -0.3 is 20.1 Å². The molecule has 0 aliphatic carbocycles. The maximum absolute atomic E-state index is 12.5. The van der Waals surface area contributed by atoms with Crippen LogP contribution in [0.3, 0.4) is 0 Å². The van der Waals surface area contributed by atoms with Crippen LogP contribution >= 0.6 is 39.0 Å². The standard InChI is InChI=1S/C24H20BrN3O4S2/c1-31-17-8-10-20(32-2)19(12-17)27-22(29)13-33-24-28-18-9-7-16(11-21(18)34-24)26-23(30)14-3-5-15(25)6-4-14/h3-12H,13H2,1-2H3,(H,26,30)(H,27,29). The van der Waals surface area contributed by atoms with Crippen molar-refractivity contribution in [2.75, 3.05) is 30.6 Å². The first kappa shape index (κ1) is 24.1. The van der Waals surface area contributed by atoms with Gasteiger partial charge >= 0.3 is 0 Å². The number of aromatic nitrogens is 1. The molecule has 0 bridgehead atoms. The van der Waals surface area contributed by atoms with E-state index in [9.17, 15) is 9.59 Å². The number of ether oxygens (including phenoxy) is 2. The van der Waals surface area contributed by atoms with Crippen LogP contribution in [0.25, 0.3) is 10.2 Å². The molecule has 2 amide bonds. The summed E-state index contributed by atoms with van der Waals surface area (Å²) in [6.07, 6.45) is 0. The third-order valence-electron chi connectivity index (χ3n) is 4.74. The molecule has 7 nitrogen and oxygen atoms in total. The average Bonchev–Trinajstić information content (AvgIpc) is 3.25. The molecule has 4 rings (SSSR count). The highest BCUT2D eigenvalue weighted by atomic mass is 79.9. The molecule has 3 aromatic carbocycles. The van der Waals surface area contributed by atoms with Gasteiger partial charge in [0, 0.05) is 21.8 Å². The minimum atomic E-state index is -0.185. The van der Waals surface area contributed by atoms with Crippen molar-refractivity contribution in [3.8, 4) is 11.5 Å². The molecule has 34 heavy (non-hydrogen) atoms.